The maximum atomic E-state index is 16.0. The van der Waals surface area contributed by atoms with Crippen LogP contribution in [0.5, 0.6) is 0 Å². The van der Waals surface area contributed by atoms with E-state index in [1.165, 1.54) is 22.3 Å². The lowest BCUT2D eigenvalue weighted by Gasteiger charge is -2.13. The van der Waals surface area contributed by atoms with Gasteiger partial charge in [0.05, 0.1) is 22.0 Å². The quantitative estimate of drug-likeness (QED) is 0.0438. The molecule has 0 bridgehead atoms. The van der Waals surface area contributed by atoms with Crippen molar-refractivity contribution in [2.75, 3.05) is 24.7 Å². The first-order chi connectivity index (χ1) is 35.2. The molecule has 4 unspecified atom stereocenters. The highest BCUT2D eigenvalue weighted by Crippen LogP contribution is 2.31. The van der Waals surface area contributed by atoms with Gasteiger partial charge in [-0.2, -0.15) is 0 Å². The second-order valence-corrected chi connectivity index (χ2v) is 20.8. The number of rotatable bonds is 23. The molecular weight excluding hydrogens is 951 g/mol. The number of anilines is 2. The van der Waals surface area contributed by atoms with Gasteiger partial charge in [0.2, 0.25) is 17.5 Å². The van der Waals surface area contributed by atoms with E-state index in [0.29, 0.717) is 59.2 Å². The molecule has 0 saturated carbocycles. The number of benzene rings is 4. The van der Waals surface area contributed by atoms with Crippen molar-refractivity contribution in [1.82, 2.24) is 46.0 Å². The molecule has 4 aromatic carbocycles. The van der Waals surface area contributed by atoms with Crippen LogP contribution in [0.2, 0.25) is 0 Å². The Kier molecular flexibility index (Phi) is 16.7. The molecule has 8 rings (SSSR count). The SMILES string of the molecule is CCC(C)CCc1ccc(-c2cnc(N)c(-c3nnc(-c4ccc(CNCC(F)C[n+]5cc(-c6ccc(S(=O)(=O)C(C)CC)cc6)nc(-c6nnc(-c7ccc(CNC(C)CF)cc7)o6)c5N)cc4)o3)n2)cc1. The highest BCUT2D eigenvalue weighted by Gasteiger charge is 2.27. The van der Waals surface area contributed by atoms with Crippen molar-refractivity contribution in [3.05, 3.63) is 126 Å². The van der Waals surface area contributed by atoms with Crippen LogP contribution in [-0.2, 0) is 35.9 Å². The molecule has 4 heterocycles. The van der Waals surface area contributed by atoms with E-state index in [4.69, 9.17) is 30.3 Å². The van der Waals surface area contributed by atoms with E-state index < -0.39 is 27.9 Å². The third kappa shape index (κ3) is 12.6. The van der Waals surface area contributed by atoms with Crippen molar-refractivity contribution >= 4 is 21.5 Å². The largest absolute Gasteiger partial charge is 0.414 e. The highest BCUT2D eigenvalue weighted by molar-refractivity contribution is 7.92. The molecule has 19 heteroatoms. The fraction of sp³-hybridized carbons (Fsp3) is 0.333. The highest BCUT2D eigenvalue weighted by atomic mass is 32.2. The zero-order valence-corrected chi connectivity index (χ0v) is 42.4. The van der Waals surface area contributed by atoms with E-state index >= 15 is 4.39 Å². The van der Waals surface area contributed by atoms with Crippen LogP contribution in [0.4, 0.5) is 20.4 Å². The number of sulfone groups is 1. The summed E-state index contributed by atoms with van der Waals surface area (Å²) in [6.07, 6.45) is 5.62. The number of hydrogen-bond acceptors (Lipinski definition) is 15. The summed E-state index contributed by atoms with van der Waals surface area (Å²) in [6, 6.07) is 29.2. The van der Waals surface area contributed by atoms with Crippen LogP contribution in [0.15, 0.2) is 123 Å². The van der Waals surface area contributed by atoms with Crippen LogP contribution >= 0.6 is 0 Å². The van der Waals surface area contributed by atoms with Gasteiger partial charge in [0.25, 0.3) is 11.8 Å². The molecule has 0 radical (unpaired) electrons. The second kappa shape index (κ2) is 23.5. The van der Waals surface area contributed by atoms with Crippen molar-refractivity contribution in [2.45, 2.75) is 102 Å². The van der Waals surface area contributed by atoms with Crippen molar-refractivity contribution in [1.29, 1.82) is 0 Å². The Balaban J connectivity index is 0.938. The Bertz CT molecular complexity index is 3210. The Hall–Kier alpha value is -7.35. The zero-order valence-electron chi connectivity index (χ0n) is 41.6. The average molecular weight is 1010 g/mol. The summed E-state index contributed by atoms with van der Waals surface area (Å²) in [6.45, 7) is 9.93. The van der Waals surface area contributed by atoms with E-state index in [1.54, 1.807) is 38.4 Å². The van der Waals surface area contributed by atoms with E-state index in [0.717, 1.165) is 36.0 Å². The fourth-order valence-electron chi connectivity index (χ4n) is 7.83. The standard InChI is InChI=1S/C54H60F2N12O4S/c1-6-33(3)8-9-36-10-16-39(17-11-36)45-30-61-49(57)47(62-45)53-66-64-51(71-53)41-18-12-37(13-19-41)27-59-29-43(56)31-68-32-46(40-22-24-44(25-23-40)73(69,70)35(5)7-2)63-48(50(68)58)54-67-65-52(72-54)42-20-14-38(15-21-42)28-60-34(4)26-55/h10-25,30,32-35,43,58-60H,6-9,26-29,31H2,1-5H3,(H2,57,61,66)/p+1. The third-order valence-electron chi connectivity index (χ3n) is 13.0. The van der Waals surface area contributed by atoms with Crippen LogP contribution < -0.4 is 26.7 Å². The summed E-state index contributed by atoms with van der Waals surface area (Å²) in [4.78, 5) is 14.1. The predicted octanol–water partition coefficient (Wildman–Crippen LogP) is 9.22. The van der Waals surface area contributed by atoms with Gasteiger partial charge in [-0.25, -0.2) is 36.7 Å². The Labute approximate surface area is 424 Å². The first kappa shape index (κ1) is 52.0. The molecule has 0 fully saturated rings. The summed E-state index contributed by atoms with van der Waals surface area (Å²) in [5.41, 5.74) is 20.2. The molecule has 0 spiro atoms. The van der Waals surface area contributed by atoms with Crippen LogP contribution in [0.3, 0.4) is 0 Å². The number of aryl methyl sites for hydroxylation is 1. The summed E-state index contributed by atoms with van der Waals surface area (Å²) >= 11 is 0. The van der Waals surface area contributed by atoms with Crippen LogP contribution in [-0.4, -0.2) is 74.4 Å². The predicted molar refractivity (Wildman–Crippen MR) is 277 cm³/mol. The third-order valence-corrected chi connectivity index (χ3v) is 15.3. The Morgan fingerprint density at radius 2 is 1.21 bits per heavy atom. The molecule has 0 saturated heterocycles. The van der Waals surface area contributed by atoms with Gasteiger partial charge < -0.3 is 25.2 Å². The molecule has 0 amide bonds. The number of nitrogen functional groups attached to an aromatic ring is 2. The monoisotopic (exact) mass is 1010 g/mol. The van der Waals surface area contributed by atoms with E-state index in [-0.39, 0.29) is 64.9 Å². The summed E-state index contributed by atoms with van der Waals surface area (Å²) in [5, 5.41) is 22.7. The lowest BCUT2D eigenvalue weighted by atomic mass is 9.98. The van der Waals surface area contributed by atoms with E-state index in [1.807, 2.05) is 67.6 Å². The van der Waals surface area contributed by atoms with Crippen LogP contribution in [0.1, 0.15) is 70.6 Å². The first-order valence-corrected chi connectivity index (χ1v) is 26.0. The van der Waals surface area contributed by atoms with Crippen LogP contribution in [0, 0.1) is 5.92 Å². The van der Waals surface area contributed by atoms with Gasteiger partial charge in [0, 0.05) is 47.9 Å². The van der Waals surface area contributed by atoms with Gasteiger partial charge in [-0.3, -0.25) is 5.73 Å². The summed E-state index contributed by atoms with van der Waals surface area (Å²) in [5.74, 6) is 1.55. The lowest BCUT2D eigenvalue weighted by Crippen LogP contribution is -2.44. The topological polar surface area (TPSA) is 231 Å². The number of aromatic nitrogens is 8. The molecule has 4 atom stereocenters. The van der Waals surface area contributed by atoms with Crippen molar-refractivity contribution < 1.29 is 30.6 Å². The van der Waals surface area contributed by atoms with Crippen LogP contribution in [0.25, 0.3) is 68.6 Å². The zero-order chi connectivity index (χ0) is 51.6. The molecular formula is C54H61F2N12O4S+. The van der Waals surface area contributed by atoms with Gasteiger partial charge in [0.15, 0.2) is 21.3 Å². The van der Waals surface area contributed by atoms with Gasteiger partial charge in [-0.05, 0) is 92.1 Å². The summed E-state index contributed by atoms with van der Waals surface area (Å²) in [7, 11) is -3.54. The van der Waals surface area contributed by atoms with E-state index in [9.17, 15) is 12.8 Å². The van der Waals surface area contributed by atoms with Crippen molar-refractivity contribution in [3.63, 3.8) is 0 Å². The summed E-state index contributed by atoms with van der Waals surface area (Å²) < 4.78 is 68.9. The Morgan fingerprint density at radius 1 is 0.671 bits per heavy atom. The molecule has 16 nitrogen and oxygen atoms in total. The second-order valence-electron chi connectivity index (χ2n) is 18.4. The molecule has 4 aromatic heterocycles. The van der Waals surface area contributed by atoms with Crippen molar-refractivity contribution in [2.24, 2.45) is 5.92 Å². The lowest BCUT2D eigenvalue weighted by molar-refractivity contribution is -0.687. The molecule has 0 aliphatic heterocycles. The number of nitrogens with zero attached hydrogens (tertiary/aromatic N) is 8. The minimum atomic E-state index is -3.54. The smallest absolute Gasteiger partial charge is 0.304 e. The number of nitrogens with two attached hydrogens (primary N) is 2. The van der Waals surface area contributed by atoms with Gasteiger partial charge in [0.1, 0.15) is 31.3 Å². The normalized spacial score (nSPS) is 13.5. The molecule has 0 aliphatic carbocycles. The molecule has 8 aromatic rings. The van der Waals surface area contributed by atoms with Gasteiger partial charge in [-0.15, -0.1) is 20.4 Å². The number of halogens is 2. The number of nitrogens with one attached hydrogen (secondary N) is 2. The maximum absolute atomic E-state index is 16.0. The molecule has 6 N–H and O–H groups in total. The first-order valence-electron chi connectivity index (χ1n) is 24.5. The minimum absolute atomic E-state index is 0.00601. The molecule has 73 heavy (non-hydrogen) atoms. The number of alkyl halides is 2. The van der Waals surface area contributed by atoms with Crippen molar-refractivity contribution in [3.8, 4) is 68.6 Å². The van der Waals surface area contributed by atoms with E-state index in [2.05, 4.69) is 62.0 Å². The number of hydrogen-bond donors (Lipinski definition) is 4. The van der Waals surface area contributed by atoms with Gasteiger partial charge >= 0.3 is 5.82 Å². The molecule has 380 valence electrons. The van der Waals surface area contributed by atoms with Gasteiger partial charge in [-0.1, -0.05) is 87.9 Å². The maximum Gasteiger partial charge on any atom is 0.304 e. The average Bonchev–Trinajstić information content (AvgIpc) is 4.12. The Morgan fingerprint density at radius 3 is 1.81 bits per heavy atom. The molecule has 0 aliphatic rings. The minimum Gasteiger partial charge on any atom is -0.414 e. The fourth-order valence-corrected chi connectivity index (χ4v) is 9.25.